The molecule has 1 aliphatic rings. The second-order valence-electron chi connectivity index (χ2n) is 7.24. The highest BCUT2D eigenvalue weighted by Gasteiger charge is 2.31. The lowest BCUT2D eigenvalue weighted by Gasteiger charge is -2.09. The summed E-state index contributed by atoms with van der Waals surface area (Å²) in [5.74, 6) is -0.688. The summed E-state index contributed by atoms with van der Waals surface area (Å²) in [4.78, 5) is 25.3. The predicted molar refractivity (Wildman–Crippen MR) is 117 cm³/mol. The molecule has 158 valence electrons. The van der Waals surface area contributed by atoms with Gasteiger partial charge in [0, 0.05) is 16.0 Å². The van der Waals surface area contributed by atoms with Crippen molar-refractivity contribution in [1.29, 1.82) is 0 Å². The molecule has 0 spiro atoms. The van der Waals surface area contributed by atoms with Crippen molar-refractivity contribution in [2.24, 2.45) is 0 Å². The third-order valence-corrected chi connectivity index (χ3v) is 5.32. The van der Waals surface area contributed by atoms with Gasteiger partial charge in [-0.25, -0.2) is 9.18 Å². The topological polar surface area (TPSA) is 65.7 Å². The highest BCUT2D eigenvalue weighted by molar-refractivity contribution is 6.31. The van der Waals surface area contributed by atoms with Crippen LogP contribution in [0.5, 0.6) is 11.5 Å². The zero-order valence-electron chi connectivity index (χ0n) is 16.6. The second-order valence-corrected chi connectivity index (χ2v) is 7.68. The maximum atomic E-state index is 13.1. The van der Waals surface area contributed by atoms with Crippen LogP contribution in [0.2, 0.25) is 5.02 Å². The molecule has 0 atom stereocenters. The van der Waals surface area contributed by atoms with E-state index in [1.807, 2.05) is 0 Å². The summed E-state index contributed by atoms with van der Waals surface area (Å²) >= 11 is 5.97. The van der Waals surface area contributed by atoms with E-state index in [4.69, 9.17) is 25.5 Å². The molecule has 0 saturated carbocycles. The molecular formula is C25H14ClFO5. The van der Waals surface area contributed by atoms with Crippen LogP contribution in [0.25, 0.3) is 17.0 Å². The molecule has 5 rings (SSSR count). The van der Waals surface area contributed by atoms with Crippen molar-refractivity contribution in [2.45, 2.75) is 6.92 Å². The van der Waals surface area contributed by atoms with Gasteiger partial charge in [0.2, 0.25) is 11.5 Å². The Morgan fingerprint density at radius 1 is 1.06 bits per heavy atom. The van der Waals surface area contributed by atoms with Gasteiger partial charge in [-0.3, -0.25) is 4.79 Å². The molecule has 2 heterocycles. The molecule has 0 saturated heterocycles. The van der Waals surface area contributed by atoms with E-state index in [0.717, 1.165) is 0 Å². The maximum absolute atomic E-state index is 13.1. The summed E-state index contributed by atoms with van der Waals surface area (Å²) in [6.45, 7) is 1.69. The van der Waals surface area contributed by atoms with Gasteiger partial charge < -0.3 is 13.9 Å². The van der Waals surface area contributed by atoms with Gasteiger partial charge in [0.05, 0.1) is 5.56 Å². The van der Waals surface area contributed by atoms with E-state index in [1.54, 1.807) is 43.3 Å². The lowest BCUT2D eigenvalue weighted by Crippen LogP contribution is -2.08. The summed E-state index contributed by atoms with van der Waals surface area (Å²) < 4.78 is 29.9. The van der Waals surface area contributed by atoms with Crippen LogP contribution < -0.4 is 9.47 Å². The number of esters is 1. The van der Waals surface area contributed by atoms with E-state index in [1.165, 1.54) is 30.3 Å². The molecule has 1 aromatic heterocycles. The molecule has 0 fully saturated rings. The number of rotatable bonds is 3. The SMILES string of the molecule is Cc1c(OC(=O)c2cc3cc(Cl)ccc3o2)ccc2c1O/C(=C\c1ccc(F)cc1)C2=O. The van der Waals surface area contributed by atoms with Gasteiger partial charge in [0.25, 0.3) is 0 Å². The summed E-state index contributed by atoms with van der Waals surface area (Å²) in [7, 11) is 0. The molecule has 0 N–H and O–H groups in total. The lowest BCUT2D eigenvalue weighted by atomic mass is 10.1. The fourth-order valence-electron chi connectivity index (χ4n) is 3.45. The van der Waals surface area contributed by atoms with E-state index >= 15 is 0 Å². The normalized spacial score (nSPS) is 14.0. The minimum absolute atomic E-state index is 0.0241. The summed E-state index contributed by atoms with van der Waals surface area (Å²) in [5, 5.41) is 1.21. The van der Waals surface area contributed by atoms with E-state index in [0.29, 0.717) is 38.4 Å². The van der Waals surface area contributed by atoms with Crippen molar-refractivity contribution < 1.29 is 27.9 Å². The number of carbonyl (C=O) groups excluding carboxylic acids is 2. The van der Waals surface area contributed by atoms with Crippen LogP contribution in [0, 0.1) is 12.7 Å². The quantitative estimate of drug-likeness (QED) is 0.207. The van der Waals surface area contributed by atoms with Gasteiger partial charge in [-0.2, -0.15) is 0 Å². The van der Waals surface area contributed by atoms with E-state index in [-0.39, 0.29) is 28.9 Å². The number of ether oxygens (including phenoxy) is 2. The van der Waals surface area contributed by atoms with Gasteiger partial charge in [-0.15, -0.1) is 0 Å². The Kier molecular flexibility index (Phi) is 4.79. The first-order valence-corrected chi connectivity index (χ1v) is 10.0. The maximum Gasteiger partial charge on any atom is 0.379 e. The number of halogens is 2. The summed E-state index contributed by atoms with van der Waals surface area (Å²) in [6, 6.07) is 15.3. The molecule has 7 heteroatoms. The largest absolute Gasteiger partial charge is 0.452 e. The third-order valence-electron chi connectivity index (χ3n) is 5.09. The van der Waals surface area contributed by atoms with E-state index < -0.39 is 5.97 Å². The number of ketones is 1. The minimum atomic E-state index is -0.688. The molecule has 0 radical (unpaired) electrons. The van der Waals surface area contributed by atoms with Crippen LogP contribution in [0.15, 0.2) is 70.8 Å². The lowest BCUT2D eigenvalue weighted by molar-refractivity contribution is 0.0702. The van der Waals surface area contributed by atoms with Crippen LogP contribution >= 0.6 is 11.6 Å². The van der Waals surface area contributed by atoms with Crippen molar-refractivity contribution in [1.82, 2.24) is 0 Å². The van der Waals surface area contributed by atoms with Gasteiger partial charge in [0.1, 0.15) is 22.9 Å². The van der Waals surface area contributed by atoms with Crippen molar-refractivity contribution in [3.8, 4) is 11.5 Å². The molecule has 0 amide bonds. The zero-order chi connectivity index (χ0) is 22.4. The number of carbonyl (C=O) groups is 2. The average Bonchev–Trinajstić information content (AvgIpc) is 3.33. The van der Waals surface area contributed by atoms with Crippen molar-refractivity contribution in [3.05, 3.63) is 99.7 Å². The van der Waals surface area contributed by atoms with Crippen LogP contribution in [-0.2, 0) is 0 Å². The van der Waals surface area contributed by atoms with E-state index in [2.05, 4.69) is 0 Å². The van der Waals surface area contributed by atoms with Crippen molar-refractivity contribution >= 4 is 40.4 Å². The van der Waals surface area contributed by atoms with Crippen LogP contribution in [0.3, 0.4) is 0 Å². The molecule has 1 aliphatic heterocycles. The third kappa shape index (κ3) is 3.55. The first-order valence-electron chi connectivity index (χ1n) is 9.64. The molecule has 0 bridgehead atoms. The van der Waals surface area contributed by atoms with Gasteiger partial charge in [-0.1, -0.05) is 23.7 Å². The first-order chi connectivity index (χ1) is 15.4. The second kappa shape index (κ2) is 7.66. The van der Waals surface area contributed by atoms with Gasteiger partial charge in [-0.05, 0) is 67.1 Å². The van der Waals surface area contributed by atoms with Crippen LogP contribution in [0.4, 0.5) is 4.39 Å². The smallest absolute Gasteiger partial charge is 0.379 e. The average molecular weight is 449 g/mol. The fraction of sp³-hybridized carbons (Fsp3) is 0.0400. The number of allylic oxidation sites excluding steroid dienone is 1. The number of benzene rings is 3. The predicted octanol–water partition coefficient (Wildman–Crippen LogP) is 6.37. The van der Waals surface area contributed by atoms with Gasteiger partial charge in [0.15, 0.2) is 5.76 Å². The molecule has 3 aromatic carbocycles. The van der Waals surface area contributed by atoms with E-state index in [9.17, 15) is 14.0 Å². The Bertz CT molecular complexity index is 1430. The summed E-state index contributed by atoms with van der Waals surface area (Å²) in [6.07, 6.45) is 1.53. The monoisotopic (exact) mass is 448 g/mol. The number of furan rings is 1. The molecule has 0 aliphatic carbocycles. The number of hydrogen-bond acceptors (Lipinski definition) is 5. The first kappa shape index (κ1) is 20.0. The van der Waals surface area contributed by atoms with Crippen molar-refractivity contribution in [2.75, 3.05) is 0 Å². The molecule has 32 heavy (non-hydrogen) atoms. The van der Waals surface area contributed by atoms with Gasteiger partial charge >= 0.3 is 5.97 Å². The number of fused-ring (bicyclic) bond motifs is 2. The Balaban J connectivity index is 1.41. The fourth-order valence-corrected chi connectivity index (χ4v) is 3.63. The highest BCUT2D eigenvalue weighted by Crippen LogP contribution is 2.39. The number of Topliss-reactive ketones (excluding diaryl/α,β-unsaturated/α-hetero) is 1. The standard InChI is InChI=1S/C25H14ClFO5/c1-13-19(32-25(29)22-12-15-11-16(26)4-8-20(15)30-22)9-7-18-23(28)21(31-24(13)18)10-14-2-5-17(27)6-3-14/h2-12H,1H3/b21-10-. The Labute approximate surface area is 186 Å². The summed E-state index contributed by atoms with van der Waals surface area (Å²) in [5.41, 5.74) is 1.98. The van der Waals surface area contributed by atoms with Crippen molar-refractivity contribution in [3.63, 3.8) is 0 Å². The Hall–Kier alpha value is -3.90. The van der Waals surface area contributed by atoms with Crippen LogP contribution in [-0.4, -0.2) is 11.8 Å². The molecular weight excluding hydrogens is 435 g/mol. The Morgan fingerprint density at radius 2 is 1.84 bits per heavy atom. The minimum Gasteiger partial charge on any atom is -0.452 e. The molecule has 4 aromatic rings. The zero-order valence-corrected chi connectivity index (χ0v) is 17.4. The van der Waals surface area contributed by atoms with Crippen LogP contribution in [0.1, 0.15) is 32.0 Å². The number of hydrogen-bond donors (Lipinski definition) is 0. The highest BCUT2D eigenvalue weighted by atomic mass is 35.5. The molecule has 5 nitrogen and oxygen atoms in total. The Morgan fingerprint density at radius 3 is 2.62 bits per heavy atom. The molecule has 0 unspecified atom stereocenters.